The maximum Gasteiger partial charge on any atom is 0.300 e. The van der Waals surface area contributed by atoms with Gasteiger partial charge in [0.25, 0.3) is 11.6 Å². The summed E-state index contributed by atoms with van der Waals surface area (Å²) >= 11 is 3.08. The molecule has 14 aromatic rings. The van der Waals surface area contributed by atoms with E-state index >= 15 is 0 Å². The number of aromatic nitrogens is 2. The Morgan fingerprint density at radius 2 is 0.522 bits per heavy atom. The Morgan fingerprint density at radius 1 is 0.275 bits per heavy atom. The summed E-state index contributed by atoms with van der Waals surface area (Å²) in [5.74, 6) is -0.238. The average molecular weight is 1890 g/mol. The van der Waals surface area contributed by atoms with Gasteiger partial charge >= 0.3 is 10.0 Å². The molecular formula is C118H128N2O16S2+2. The van der Waals surface area contributed by atoms with E-state index in [4.69, 9.17) is 75.8 Å². The van der Waals surface area contributed by atoms with Gasteiger partial charge in [-0.25, -0.2) is 0 Å². The van der Waals surface area contributed by atoms with Gasteiger partial charge < -0.3 is 75.8 Å². The van der Waals surface area contributed by atoms with Crippen LogP contribution in [0.4, 0.5) is 0 Å². The van der Waals surface area contributed by atoms with Crippen molar-refractivity contribution in [2.45, 2.75) is 206 Å². The molecule has 2 aromatic heterocycles. The number of hydrogen-bond acceptors (Lipinski definition) is 18. The topological polar surface area (TPSA) is 155 Å². The Labute approximate surface area is 821 Å². The highest BCUT2D eigenvalue weighted by atomic mass is 32.1. The summed E-state index contributed by atoms with van der Waals surface area (Å²) in [6.45, 7) is 12.8. The molecule has 8 bridgehead atoms. The predicted molar refractivity (Wildman–Crippen MR) is 536 cm³/mol. The molecular weight excluding hydrogens is 1770 g/mol. The minimum absolute atomic E-state index is 0.0336. The standard InChI is InChI=1S/C118H128N2O16S2/c1-7-59-123-105-95-53-35-54-96(105)70-100-66-94(82-134-118(116-120(6)58-64-138-116)114(132-80-92-51-33-18-34-52-92)112(130-78-90-47-29-16-30-48-90)110(128-76-88-43-25-14-26-44-88)104(136-118)84-122-74-86-39-21-12-22-40-86)68-102(108(100)126-62-10-4)72-98-56-36-55-97(106(98)124-60-8-2)71-101-67-93(65-99(69-95)107(101)125-61-9-3)81-133-117(115-119(5)57-63-137-115)113(131-79-91-49-31-17-32-50-91)111(129-77-89-45-27-15-28-46-89)109(127-75-87-41-23-13-24-42-87)103(135-117)83-121-73-85-37-19-11-20-38-85/h11-58,63-68,103-104,109-114H,7-10,59-62,69-84H2,1-6H3/q+2/t103-,104-,109+,110+,111+,112+,113-,114-,117-,118-/m1/s1. The number of hydrogen-bond donors (Lipinski definition) is 0. The van der Waals surface area contributed by atoms with Crippen molar-refractivity contribution in [3.05, 3.63) is 437 Å². The fourth-order valence-electron chi connectivity index (χ4n) is 18.6. The smallest absolute Gasteiger partial charge is 0.300 e. The minimum Gasteiger partial charge on any atom is -0.493 e. The Morgan fingerprint density at radius 3 is 0.775 bits per heavy atom. The van der Waals surface area contributed by atoms with Gasteiger partial charge in [0, 0.05) is 25.7 Å². The second-order valence-corrected chi connectivity index (χ2v) is 37.5. The molecule has 0 spiro atoms. The molecule has 2 saturated heterocycles. The second-order valence-electron chi connectivity index (χ2n) is 35.7. The van der Waals surface area contributed by atoms with Crippen LogP contribution < -0.4 is 28.1 Å². The highest BCUT2D eigenvalue weighted by Gasteiger charge is 2.65. The third-order valence-corrected chi connectivity index (χ3v) is 27.3. The van der Waals surface area contributed by atoms with Gasteiger partial charge in [0.15, 0.2) is 24.6 Å². The molecule has 4 heterocycles. The van der Waals surface area contributed by atoms with E-state index in [1.54, 1.807) is 0 Å². The van der Waals surface area contributed by atoms with Crippen LogP contribution in [0.25, 0.3) is 0 Å². The highest BCUT2D eigenvalue weighted by molar-refractivity contribution is 7.09. The van der Waals surface area contributed by atoms with Crippen LogP contribution in [-0.2, 0) is 174 Å². The van der Waals surface area contributed by atoms with Gasteiger partial charge in [-0.05, 0) is 150 Å². The lowest BCUT2D eigenvalue weighted by atomic mass is 9.89. The third-order valence-electron chi connectivity index (χ3n) is 25.2. The summed E-state index contributed by atoms with van der Waals surface area (Å²) < 4.78 is 124. The van der Waals surface area contributed by atoms with Crippen LogP contribution in [0.15, 0.2) is 326 Å². The first-order chi connectivity index (χ1) is 68.0. The van der Waals surface area contributed by atoms with Crippen LogP contribution in [0.2, 0.25) is 0 Å². The lowest BCUT2D eigenvalue weighted by molar-refractivity contribution is -0.690. The quantitative estimate of drug-likeness (QED) is 0.0332. The van der Waals surface area contributed by atoms with E-state index in [1.807, 2.05) is 172 Å². The fourth-order valence-corrected chi connectivity index (χ4v) is 20.6. The zero-order valence-corrected chi connectivity index (χ0v) is 81.6. The number of aryl methyl sites for hydroxylation is 2. The summed E-state index contributed by atoms with van der Waals surface area (Å²) in [5.41, 5.74) is 17.4. The molecule has 0 N–H and O–H groups in total. The molecule has 18 nitrogen and oxygen atoms in total. The number of benzene rings is 12. The summed E-state index contributed by atoms with van der Waals surface area (Å²) in [4.78, 5) is 0. The van der Waals surface area contributed by atoms with Crippen molar-refractivity contribution >= 4 is 22.7 Å². The zero-order valence-electron chi connectivity index (χ0n) is 80.0. The number of fused-ring (bicyclic) bond motifs is 8. The normalized spacial score (nSPS) is 19.7. The number of para-hydroxylation sites is 2. The van der Waals surface area contributed by atoms with Crippen molar-refractivity contribution in [2.24, 2.45) is 14.1 Å². The Balaban J connectivity index is 0.798. The molecule has 0 amide bonds. The van der Waals surface area contributed by atoms with Crippen LogP contribution >= 0.6 is 22.7 Å². The maximum atomic E-state index is 8.04. The molecule has 0 radical (unpaired) electrons. The van der Waals surface area contributed by atoms with E-state index in [9.17, 15) is 0 Å². The molecule has 138 heavy (non-hydrogen) atoms. The van der Waals surface area contributed by atoms with Gasteiger partial charge in [0.2, 0.25) is 0 Å². The first kappa shape index (κ1) is 98.2. The van der Waals surface area contributed by atoms with E-state index < -0.39 is 60.4 Å². The first-order valence-electron chi connectivity index (χ1n) is 48.7. The lowest BCUT2D eigenvalue weighted by Crippen LogP contribution is -2.68. The van der Waals surface area contributed by atoms with Crippen molar-refractivity contribution in [3.63, 3.8) is 0 Å². The molecule has 716 valence electrons. The number of rotatable bonds is 46. The van der Waals surface area contributed by atoms with Gasteiger partial charge in [-0.1, -0.05) is 329 Å². The SMILES string of the molecule is CCCOc1c2cccc1Cc1cc(CO[C@@]3(c4scc[n+]4C)O[C@H](COCc4ccccc4)[C@H](OCc4ccccc4)[C@H](OCc4ccccc4)[C@H]3OCc3ccccc3)cc(c1OCCC)Cc1cccc(c1OCCC)Cc1cc(CO[C@@]3(c4scc[n+]4C)O[C@H](COCc4ccccc4)[C@H](OCc4ccccc4)[C@H](OCc4ccccc4)[C@H]3OCc3ccccc3)cc(c1OCCC)C2. The van der Waals surface area contributed by atoms with Crippen LogP contribution in [0.5, 0.6) is 23.0 Å². The molecule has 20 heteroatoms. The summed E-state index contributed by atoms with van der Waals surface area (Å²) in [6, 6.07) is 104. The van der Waals surface area contributed by atoms with Gasteiger partial charge in [0.05, 0.1) is 116 Å². The average Bonchev–Trinajstić information content (AvgIpc) is 1.63. The Hall–Kier alpha value is -11.4. The summed E-state index contributed by atoms with van der Waals surface area (Å²) in [7, 11) is 4.07. The Kier molecular flexibility index (Phi) is 35.2. The molecule has 0 unspecified atom stereocenters. The molecule has 12 aromatic carbocycles. The van der Waals surface area contributed by atoms with Crippen molar-refractivity contribution in [3.8, 4) is 23.0 Å². The van der Waals surface area contributed by atoms with Gasteiger partial charge in [-0.3, -0.25) is 0 Å². The van der Waals surface area contributed by atoms with Crippen molar-refractivity contribution in [1.82, 2.24) is 0 Å². The lowest BCUT2D eigenvalue weighted by Gasteiger charge is -2.50. The molecule has 2 fully saturated rings. The van der Waals surface area contributed by atoms with E-state index in [1.165, 1.54) is 22.7 Å². The van der Waals surface area contributed by atoms with Gasteiger partial charge in [-0.15, -0.1) is 0 Å². The minimum atomic E-state index is -1.69. The van der Waals surface area contributed by atoms with Crippen molar-refractivity contribution in [2.75, 3.05) is 39.6 Å². The van der Waals surface area contributed by atoms with Crippen LogP contribution in [-0.4, -0.2) is 88.5 Å². The van der Waals surface area contributed by atoms with E-state index in [0.717, 1.165) is 159 Å². The van der Waals surface area contributed by atoms with Crippen molar-refractivity contribution in [1.29, 1.82) is 0 Å². The number of thiazole rings is 2. The predicted octanol–water partition coefficient (Wildman–Crippen LogP) is 22.8. The first-order valence-corrected chi connectivity index (χ1v) is 50.5. The third kappa shape index (κ3) is 24.9. The molecule has 0 saturated carbocycles. The Bertz CT molecular complexity index is 5610. The number of ether oxygens (including phenoxy) is 16. The van der Waals surface area contributed by atoms with Crippen LogP contribution in [0.1, 0.15) is 164 Å². The van der Waals surface area contributed by atoms with Crippen LogP contribution in [0.3, 0.4) is 0 Å². The van der Waals surface area contributed by atoms with Gasteiger partial charge in [0.1, 0.15) is 73.7 Å². The molecule has 3 aliphatic rings. The molecule has 17 rings (SSSR count). The number of nitrogens with zero attached hydrogens (tertiary/aromatic N) is 2. The molecule has 10 atom stereocenters. The summed E-state index contributed by atoms with van der Waals surface area (Å²) in [5, 5.41) is 5.64. The monoisotopic (exact) mass is 1890 g/mol. The largest absolute Gasteiger partial charge is 0.493 e. The molecule has 2 aliphatic heterocycles. The van der Waals surface area contributed by atoms with E-state index in [0.29, 0.717) is 65.3 Å². The fraction of sp³-hybridized carbons (Fsp3) is 0.339. The van der Waals surface area contributed by atoms with E-state index in [2.05, 4.69) is 205 Å². The summed E-state index contributed by atoms with van der Waals surface area (Å²) in [6.07, 6.45) is 2.09. The highest BCUT2D eigenvalue weighted by Crippen LogP contribution is 2.50. The van der Waals surface area contributed by atoms with E-state index in [-0.39, 0.29) is 66.1 Å². The van der Waals surface area contributed by atoms with Gasteiger partial charge in [-0.2, -0.15) is 9.13 Å². The maximum absolute atomic E-state index is 8.04. The van der Waals surface area contributed by atoms with Crippen LogP contribution in [0, 0.1) is 0 Å². The molecule has 1 aliphatic carbocycles. The zero-order chi connectivity index (χ0) is 94.5. The van der Waals surface area contributed by atoms with Crippen molar-refractivity contribution < 1.29 is 84.9 Å². The second kappa shape index (κ2) is 49.5.